The average Bonchev–Trinajstić information content (AvgIpc) is 3.51. The number of carbonyl (C=O) groups is 3. The minimum atomic E-state index is -0.00836. The molecule has 0 radical (unpaired) electrons. The normalized spacial score (nSPS) is 26.7. The first-order chi connectivity index (χ1) is 14.6. The summed E-state index contributed by atoms with van der Waals surface area (Å²) in [4.78, 5) is 42.9. The monoisotopic (exact) mass is 411 g/mol. The molecule has 3 aliphatic heterocycles. The van der Waals surface area contributed by atoms with Crippen LogP contribution in [0.2, 0.25) is 0 Å². The molecule has 30 heavy (non-hydrogen) atoms. The maximum Gasteiger partial charge on any atom is 0.260 e. The highest BCUT2D eigenvalue weighted by Crippen LogP contribution is 2.39. The second kappa shape index (κ2) is 7.93. The molecule has 7 nitrogen and oxygen atoms in total. The molecule has 3 amide bonds. The van der Waals surface area contributed by atoms with Crippen LogP contribution in [0.25, 0.3) is 0 Å². The van der Waals surface area contributed by atoms with Gasteiger partial charge >= 0.3 is 0 Å². The van der Waals surface area contributed by atoms with Crippen molar-refractivity contribution in [1.82, 2.24) is 9.80 Å². The molecule has 160 valence electrons. The summed E-state index contributed by atoms with van der Waals surface area (Å²) in [6.45, 7) is 2.13. The van der Waals surface area contributed by atoms with Gasteiger partial charge in [-0.25, -0.2) is 0 Å². The van der Waals surface area contributed by atoms with Gasteiger partial charge in [-0.05, 0) is 50.2 Å². The van der Waals surface area contributed by atoms with Crippen LogP contribution in [0.1, 0.15) is 44.9 Å². The van der Waals surface area contributed by atoms with Gasteiger partial charge in [0.1, 0.15) is 5.75 Å². The Morgan fingerprint density at radius 1 is 1.03 bits per heavy atom. The fourth-order valence-corrected chi connectivity index (χ4v) is 5.24. The van der Waals surface area contributed by atoms with Crippen molar-refractivity contribution in [3.05, 3.63) is 24.3 Å². The van der Waals surface area contributed by atoms with E-state index < -0.39 is 0 Å². The van der Waals surface area contributed by atoms with E-state index in [1.54, 1.807) is 4.90 Å². The van der Waals surface area contributed by atoms with Crippen LogP contribution in [0.3, 0.4) is 0 Å². The van der Waals surface area contributed by atoms with Crippen LogP contribution >= 0.6 is 0 Å². The van der Waals surface area contributed by atoms with Crippen LogP contribution in [0, 0.1) is 5.92 Å². The van der Waals surface area contributed by atoms with Gasteiger partial charge in [-0.1, -0.05) is 6.07 Å². The lowest BCUT2D eigenvalue weighted by molar-refractivity contribution is -0.145. The Bertz CT molecular complexity index is 853. The molecule has 1 saturated carbocycles. The highest BCUT2D eigenvalue weighted by atomic mass is 16.5. The quantitative estimate of drug-likeness (QED) is 0.745. The number of rotatable bonds is 5. The number of hydrogen-bond acceptors (Lipinski definition) is 4. The molecule has 3 heterocycles. The third kappa shape index (κ3) is 3.77. The number of fused-ring (bicyclic) bond motifs is 1. The highest BCUT2D eigenvalue weighted by molar-refractivity contribution is 5.95. The number of benzene rings is 1. The smallest absolute Gasteiger partial charge is 0.260 e. The number of hydrogen-bond donors (Lipinski definition) is 0. The Morgan fingerprint density at radius 2 is 1.90 bits per heavy atom. The summed E-state index contributed by atoms with van der Waals surface area (Å²) in [5.74, 6) is 1.42. The molecule has 7 heteroatoms. The lowest BCUT2D eigenvalue weighted by Gasteiger charge is -2.47. The Hall–Kier alpha value is -2.57. The van der Waals surface area contributed by atoms with E-state index in [1.807, 2.05) is 29.2 Å². The third-order valence-electron chi connectivity index (χ3n) is 6.93. The molecule has 5 rings (SSSR count). The van der Waals surface area contributed by atoms with Crippen LogP contribution in [-0.4, -0.2) is 65.8 Å². The van der Waals surface area contributed by atoms with Crippen molar-refractivity contribution in [3.63, 3.8) is 0 Å². The average molecular weight is 412 g/mol. The Morgan fingerprint density at radius 3 is 2.67 bits per heavy atom. The standard InChI is InChI=1S/C23H29N3O4/c27-21-5-2-11-25(21)18-3-1-4-19(13-18)30-15-23(29)24-12-10-20-16(14-24)6-9-22(28)26(20)17-7-8-17/h1,3-4,13,16-17,20H,2,5-12,14-15H2/t16-,20-/m1/s1. The van der Waals surface area contributed by atoms with Crippen LogP contribution in [0.5, 0.6) is 5.75 Å². The van der Waals surface area contributed by atoms with E-state index in [4.69, 9.17) is 4.74 Å². The topological polar surface area (TPSA) is 70.2 Å². The maximum absolute atomic E-state index is 12.8. The van der Waals surface area contributed by atoms with E-state index in [-0.39, 0.29) is 18.4 Å². The highest BCUT2D eigenvalue weighted by Gasteiger charge is 2.45. The van der Waals surface area contributed by atoms with E-state index in [0.717, 1.165) is 44.3 Å². The second-order valence-corrected chi connectivity index (χ2v) is 8.96. The third-order valence-corrected chi connectivity index (χ3v) is 6.93. The van der Waals surface area contributed by atoms with Gasteiger partial charge in [0.25, 0.3) is 5.91 Å². The zero-order valence-corrected chi connectivity index (χ0v) is 17.3. The molecule has 1 aromatic carbocycles. The first-order valence-corrected chi connectivity index (χ1v) is 11.2. The SMILES string of the molecule is O=C(COc1cccc(N2CCCC2=O)c1)N1CC[C@@H]2[C@H](CCC(=O)N2C2CC2)C1. The number of ether oxygens (including phenoxy) is 1. The molecule has 0 aromatic heterocycles. The Labute approximate surface area is 176 Å². The van der Waals surface area contributed by atoms with Gasteiger partial charge in [0.15, 0.2) is 6.61 Å². The molecule has 1 aromatic rings. The lowest BCUT2D eigenvalue weighted by Crippen LogP contribution is -2.57. The summed E-state index contributed by atoms with van der Waals surface area (Å²) >= 11 is 0. The molecular weight excluding hydrogens is 382 g/mol. The number of piperidine rings is 2. The molecule has 0 unspecified atom stereocenters. The zero-order chi connectivity index (χ0) is 20.7. The molecule has 4 aliphatic rings. The van der Waals surface area contributed by atoms with Crippen molar-refractivity contribution in [1.29, 1.82) is 0 Å². The summed E-state index contributed by atoms with van der Waals surface area (Å²) < 4.78 is 5.79. The number of anilines is 1. The molecule has 2 atom stereocenters. The van der Waals surface area contributed by atoms with E-state index in [2.05, 4.69) is 4.90 Å². The molecule has 0 N–H and O–H groups in total. The van der Waals surface area contributed by atoms with Gasteiger partial charge in [-0.2, -0.15) is 0 Å². The van der Waals surface area contributed by atoms with Crippen molar-refractivity contribution in [2.24, 2.45) is 5.92 Å². The summed E-state index contributed by atoms with van der Waals surface area (Å²) in [6.07, 6.45) is 6.08. The van der Waals surface area contributed by atoms with Crippen LogP contribution in [0.4, 0.5) is 5.69 Å². The van der Waals surface area contributed by atoms with E-state index in [9.17, 15) is 14.4 Å². The first kappa shape index (κ1) is 19.4. The summed E-state index contributed by atoms with van der Waals surface area (Å²) in [5, 5.41) is 0. The van der Waals surface area contributed by atoms with E-state index >= 15 is 0 Å². The van der Waals surface area contributed by atoms with Gasteiger partial charge in [0.2, 0.25) is 11.8 Å². The van der Waals surface area contributed by atoms with Gasteiger partial charge in [0, 0.05) is 56.3 Å². The van der Waals surface area contributed by atoms with Crippen molar-refractivity contribution < 1.29 is 19.1 Å². The molecule has 1 aliphatic carbocycles. The van der Waals surface area contributed by atoms with Crippen LogP contribution in [0.15, 0.2) is 24.3 Å². The molecule has 3 saturated heterocycles. The van der Waals surface area contributed by atoms with Crippen molar-refractivity contribution in [3.8, 4) is 5.75 Å². The minimum Gasteiger partial charge on any atom is -0.484 e. The maximum atomic E-state index is 12.8. The van der Waals surface area contributed by atoms with E-state index in [0.29, 0.717) is 55.6 Å². The Balaban J connectivity index is 1.17. The van der Waals surface area contributed by atoms with Crippen molar-refractivity contribution >= 4 is 23.4 Å². The summed E-state index contributed by atoms with van der Waals surface area (Å²) in [5.41, 5.74) is 0.829. The number of nitrogens with zero attached hydrogens (tertiary/aromatic N) is 3. The fourth-order valence-electron chi connectivity index (χ4n) is 5.24. The van der Waals surface area contributed by atoms with Gasteiger partial charge in [-0.15, -0.1) is 0 Å². The van der Waals surface area contributed by atoms with Gasteiger partial charge in [-0.3, -0.25) is 14.4 Å². The first-order valence-electron chi connectivity index (χ1n) is 11.2. The summed E-state index contributed by atoms with van der Waals surface area (Å²) in [7, 11) is 0. The Kier molecular flexibility index (Phi) is 5.13. The number of likely N-dealkylation sites (tertiary alicyclic amines) is 2. The second-order valence-electron chi connectivity index (χ2n) is 8.96. The predicted molar refractivity (Wildman–Crippen MR) is 111 cm³/mol. The molecule has 0 bridgehead atoms. The van der Waals surface area contributed by atoms with Crippen molar-refractivity contribution in [2.45, 2.75) is 57.0 Å². The molecule has 0 spiro atoms. The lowest BCUT2D eigenvalue weighted by atomic mass is 9.83. The predicted octanol–water partition coefficient (Wildman–Crippen LogP) is 2.19. The largest absolute Gasteiger partial charge is 0.484 e. The van der Waals surface area contributed by atoms with Crippen molar-refractivity contribution in [2.75, 3.05) is 31.1 Å². The molecular formula is C23H29N3O4. The minimum absolute atomic E-state index is 0.0000558. The van der Waals surface area contributed by atoms with Gasteiger partial charge in [0.05, 0.1) is 0 Å². The van der Waals surface area contributed by atoms with Crippen LogP contribution in [-0.2, 0) is 14.4 Å². The van der Waals surface area contributed by atoms with E-state index in [1.165, 1.54) is 0 Å². The fraction of sp³-hybridized carbons (Fsp3) is 0.609. The summed E-state index contributed by atoms with van der Waals surface area (Å²) in [6, 6.07) is 8.17. The number of carbonyl (C=O) groups excluding carboxylic acids is 3. The van der Waals surface area contributed by atoms with Gasteiger partial charge < -0.3 is 19.4 Å². The van der Waals surface area contributed by atoms with Crippen LogP contribution < -0.4 is 9.64 Å². The molecule has 4 fully saturated rings. The number of amides is 3. The zero-order valence-electron chi connectivity index (χ0n) is 17.3.